The molecule has 0 unspecified atom stereocenters. The summed E-state index contributed by atoms with van der Waals surface area (Å²) in [5, 5.41) is 1.08. The van der Waals surface area contributed by atoms with E-state index in [1.54, 1.807) is 7.11 Å². The van der Waals surface area contributed by atoms with Gasteiger partial charge in [-0.2, -0.15) is 0 Å². The molecule has 1 fully saturated rings. The lowest BCUT2D eigenvalue weighted by Crippen LogP contribution is -2.48. The summed E-state index contributed by atoms with van der Waals surface area (Å²) < 4.78 is 5.35. The number of piperazine rings is 1. The standard InChI is InChI=1S/C23H27N3O2/c1-17-20(21-14-19(28-2)8-9-22(21)24-17)15-23(27)26-12-10-25(11-13-26)16-18-6-4-3-5-7-18/h3-9,14,24H,10-13,15-16H2,1-2H3. The van der Waals surface area contributed by atoms with Crippen LogP contribution in [0.2, 0.25) is 0 Å². The van der Waals surface area contributed by atoms with E-state index in [9.17, 15) is 4.79 Å². The van der Waals surface area contributed by atoms with E-state index in [1.165, 1.54) is 5.56 Å². The van der Waals surface area contributed by atoms with E-state index < -0.39 is 0 Å². The highest BCUT2D eigenvalue weighted by molar-refractivity contribution is 5.91. The van der Waals surface area contributed by atoms with Crippen molar-refractivity contribution in [2.75, 3.05) is 33.3 Å². The van der Waals surface area contributed by atoms with Gasteiger partial charge in [0.1, 0.15) is 5.75 Å². The van der Waals surface area contributed by atoms with Gasteiger partial charge in [0.2, 0.25) is 5.91 Å². The van der Waals surface area contributed by atoms with Gasteiger partial charge in [-0.25, -0.2) is 0 Å². The van der Waals surface area contributed by atoms with Crippen LogP contribution in [-0.4, -0.2) is 54.0 Å². The Morgan fingerprint density at radius 1 is 1.07 bits per heavy atom. The topological polar surface area (TPSA) is 48.6 Å². The summed E-state index contributed by atoms with van der Waals surface area (Å²) in [5.74, 6) is 1.01. The summed E-state index contributed by atoms with van der Waals surface area (Å²) in [6.45, 7) is 6.40. The Morgan fingerprint density at radius 2 is 1.82 bits per heavy atom. The maximum atomic E-state index is 12.9. The second-order valence-electron chi connectivity index (χ2n) is 7.46. The normalized spacial score (nSPS) is 15.1. The Hall–Kier alpha value is -2.79. The van der Waals surface area contributed by atoms with Gasteiger partial charge in [-0.05, 0) is 36.2 Å². The number of amides is 1. The minimum Gasteiger partial charge on any atom is -0.497 e. The van der Waals surface area contributed by atoms with Crippen molar-refractivity contribution in [3.63, 3.8) is 0 Å². The number of aryl methyl sites for hydroxylation is 1. The third-order valence-corrected chi connectivity index (χ3v) is 5.63. The van der Waals surface area contributed by atoms with Gasteiger partial charge >= 0.3 is 0 Å². The van der Waals surface area contributed by atoms with E-state index in [0.717, 1.165) is 60.6 Å². The second-order valence-corrected chi connectivity index (χ2v) is 7.46. The minimum atomic E-state index is 0.200. The number of benzene rings is 2. The van der Waals surface area contributed by atoms with Gasteiger partial charge in [-0.15, -0.1) is 0 Å². The summed E-state index contributed by atoms with van der Waals surface area (Å²) in [7, 11) is 1.67. The molecule has 1 aliphatic rings. The lowest BCUT2D eigenvalue weighted by Gasteiger charge is -2.34. The van der Waals surface area contributed by atoms with Gasteiger partial charge in [0, 0.05) is 49.3 Å². The molecule has 2 aromatic carbocycles. The minimum absolute atomic E-state index is 0.200. The average Bonchev–Trinajstić information content (AvgIpc) is 3.03. The smallest absolute Gasteiger partial charge is 0.227 e. The zero-order valence-corrected chi connectivity index (χ0v) is 16.6. The fourth-order valence-electron chi connectivity index (χ4n) is 3.98. The Morgan fingerprint density at radius 3 is 2.54 bits per heavy atom. The number of rotatable bonds is 5. The van der Waals surface area contributed by atoms with Crippen LogP contribution in [0.1, 0.15) is 16.8 Å². The molecule has 1 aromatic heterocycles. The number of aromatic amines is 1. The SMILES string of the molecule is COc1ccc2[nH]c(C)c(CC(=O)N3CCN(Cc4ccccc4)CC3)c2c1. The van der Waals surface area contributed by atoms with Gasteiger partial charge < -0.3 is 14.6 Å². The Bertz CT molecular complexity index is 957. The highest BCUT2D eigenvalue weighted by atomic mass is 16.5. The monoisotopic (exact) mass is 377 g/mol. The van der Waals surface area contributed by atoms with Crippen LogP contribution in [0.4, 0.5) is 0 Å². The van der Waals surface area contributed by atoms with Crippen LogP contribution >= 0.6 is 0 Å². The zero-order chi connectivity index (χ0) is 19.5. The van der Waals surface area contributed by atoms with Gasteiger partial charge in [-0.1, -0.05) is 30.3 Å². The fourth-order valence-corrected chi connectivity index (χ4v) is 3.98. The maximum absolute atomic E-state index is 12.9. The fraction of sp³-hybridized carbons (Fsp3) is 0.348. The van der Waals surface area contributed by atoms with E-state index in [2.05, 4.69) is 34.1 Å². The molecule has 1 N–H and O–H groups in total. The molecule has 0 aliphatic carbocycles. The van der Waals surface area contributed by atoms with Crippen LogP contribution in [0.5, 0.6) is 5.75 Å². The molecule has 3 aromatic rings. The number of fused-ring (bicyclic) bond motifs is 1. The average molecular weight is 377 g/mol. The molecule has 1 amide bonds. The van der Waals surface area contributed by atoms with E-state index in [0.29, 0.717) is 6.42 Å². The van der Waals surface area contributed by atoms with Crippen molar-refractivity contribution in [2.45, 2.75) is 19.9 Å². The van der Waals surface area contributed by atoms with Gasteiger partial charge in [0.05, 0.1) is 13.5 Å². The molecule has 4 rings (SSSR count). The molecule has 146 valence electrons. The third-order valence-electron chi connectivity index (χ3n) is 5.63. The molecular weight excluding hydrogens is 350 g/mol. The van der Waals surface area contributed by atoms with Crippen LogP contribution in [0, 0.1) is 6.92 Å². The number of hydrogen-bond donors (Lipinski definition) is 1. The van der Waals surface area contributed by atoms with E-state index in [4.69, 9.17) is 4.74 Å². The molecular formula is C23H27N3O2. The summed E-state index contributed by atoms with van der Waals surface area (Å²) >= 11 is 0. The van der Waals surface area contributed by atoms with Crippen LogP contribution in [0.3, 0.4) is 0 Å². The Labute approximate surface area is 165 Å². The lowest BCUT2D eigenvalue weighted by atomic mass is 10.1. The highest BCUT2D eigenvalue weighted by Crippen LogP contribution is 2.27. The summed E-state index contributed by atoms with van der Waals surface area (Å²) in [6.07, 6.45) is 0.428. The molecule has 0 bridgehead atoms. The van der Waals surface area contributed by atoms with E-state index in [-0.39, 0.29) is 5.91 Å². The molecule has 28 heavy (non-hydrogen) atoms. The first-order valence-corrected chi connectivity index (χ1v) is 9.83. The molecule has 0 saturated carbocycles. The van der Waals surface area contributed by atoms with Gasteiger partial charge in [0.25, 0.3) is 0 Å². The number of methoxy groups -OCH3 is 1. The number of nitrogens with zero attached hydrogens (tertiary/aromatic N) is 2. The molecule has 0 radical (unpaired) electrons. The predicted molar refractivity (Wildman–Crippen MR) is 112 cm³/mol. The first-order chi connectivity index (χ1) is 13.6. The zero-order valence-electron chi connectivity index (χ0n) is 16.6. The second kappa shape index (κ2) is 8.07. The number of nitrogens with one attached hydrogen (secondary N) is 1. The summed E-state index contributed by atoms with van der Waals surface area (Å²) in [4.78, 5) is 20.7. The number of H-pyrrole nitrogens is 1. The molecule has 1 saturated heterocycles. The number of hydrogen-bond acceptors (Lipinski definition) is 3. The quantitative estimate of drug-likeness (QED) is 0.742. The molecule has 2 heterocycles. The summed E-state index contributed by atoms with van der Waals surface area (Å²) in [5.41, 5.74) is 4.50. The molecule has 0 atom stereocenters. The maximum Gasteiger partial charge on any atom is 0.227 e. The third kappa shape index (κ3) is 3.90. The van der Waals surface area contributed by atoms with Crippen molar-refractivity contribution >= 4 is 16.8 Å². The van der Waals surface area contributed by atoms with Crippen LogP contribution in [0.25, 0.3) is 10.9 Å². The molecule has 1 aliphatic heterocycles. The largest absolute Gasteiger partial charge is 0.497 e. The van der Waals surface area contributed by atoms with Gasteiger partial charge in [-0.3, -0.25) is 9.69 Å². The number of ether oxygens (including phenoxy) is 1. The van der Waals surface area contributed by atoms with Crippen LogP contribution in [-0.2, 0) is 17.8 Å². The lowest BCUT2D eigenvalue weighted by molar-refractivity contribution is -0.132. The highest BCUT2D eigenvalue weighted by Gasteiger charge is 2.23. The first-order valence-electron chi connectivity index (χ1n) is 9.83. The number of carbonyl (C=O) groups is 1. The van der Waals surface area contributed by atoms with Crippen LogP contribution in [0.15, 0.2) is 48.5 Å². The van der Waals surface area contributed by atoms with Crippen molar-refractivity contribution in [3.8, 4) is 5.75 Å². The molecule has 5 heteroatoms. The predicted octanol–water partition coefficient (Wildman–Crippen LogP) is 3.37. The molecule has 5 nitrogen and oxygen atoms in total. The van der Waals surface area contributed by atoms with Crippen molar-refractivity contribution in [1.29, 1.82) is 0 Å². The van der Waals surface area contributed by atoms with Crippen LogP contribution < -0.4 is 4.74 Å². The van der Waals surface area contributed by atoms with Crippen molar-refractivity contribution in [3.05, 3.63) is 65.4 Å². The number of carbonyl (C=O) groups excluding carboxylic acids is 1. The van der Waals surface area contributed by atoms with Gasteiger partial charge in [0.15, 0.2) is 0 Å². The van der Waals surface area contributed by atoms with Crippen molar-refractivity contribution < 1.29 is 9.53 Å². The van der Waals surface area contributed by atoms with Crippen molar-refractivity contribution in [2.24, 2.45) is 0 Å². The van der Waals surface area contributed by atoms with E-state index >= 15 is 0 Å². The molecule has 0 spiro atoms. The Kier molecular flexibility index (Phi) is 5.35. The summed E-state index contributed by atoms with van der Waals surface area (Å²) in [6, 6.07) is 16.5. The van der Waals surface area contributed by atoms with E-state index in [1.807, 2.05) is 36.1 Å². The Balaban J connectivity index is 1.40. The van der Waals surface area contributed by atoms with Crippen molar-refractivity contribution in [1.82, 2.24) is 14.8 Å². The number of aromatic nitrogens is 1. The first kappa shape index (κ1) is 18.6.